The molecule has 3 rings (SSSR count). The summed E-state index contributed by atoms with van der Waals surface area (Å²) in [5.74, 6) is -1.28. The zero-order valence-corrected chi connectivity index (χ0v) is 18.7. The van der Waals surface area contributed by atoms with E-state index in [1.54, 1.807) is 31.2 Å². The number of carbonyl (C=O) groups is 2. The molecule has 168 valence electrons. The molecule has 0 aromatic heterocycles. The Morgan fingerprint density at radius 3 is 2.50 bits per heavy atom. The van der Waals surface area contributed by atoms with E-state index in [1.807, 2.05) is 0 Å². The summed E-state index contributed by atoms with van der Waals surface area (Å²) in [4.78, 5) is 25.2. The van der Waals surface area contributed by atoms with E-state index in [0.717, 1.165) is 28.8 Å². The molecule has 1 aliphatic rings. The molecular formula is C21H15ClF3NO4S2. The van der Waals surface area contributed by atoms with E-state index in [1.165, 1.54) is 12.1 Å². The number of thioether (sulfide) groups is 1. The first-order valence-corrected chi connectivity index (χ1v) is 10.8. The number of aliphatic carboxylic acids is 1. The molecule has 1 saturated heterocycles. The maximum atomic E-state index is 13.2. The third-order valence-corrected chi connectivity index (χ3v) is 6.04. The number of amides is 1. The lowest BCUT2D eigenvalue weighted by Crippen LogP contribution is -2.27. The number of anilines is 1. The molecule has 0 saturated carbocycles. The number of benzene rings is 2. The van der Waals surface area contributed by atoms with Crippen LogP contribution in [0.1, 0.15) is 24.5 Å². The van der Waals surface area contributed by atoms with Gasteiger partial charge in [-0.05, 0) is 48.4 Å². The van der Waals surface area contributed by atoms with E-state index in [9.17, 15) is 22.8 Å². The van der Waals surface area contributed by atoms with Crippen molar-refractivity contribution in [2.45, 2.75) is 25.6 Å². The van der Waals surface area contributed by atoms with Gasteiger partial charge in [0, 0.05) is 0 Å². The molecule has 1 heterocycles. The fourth-order valence-electron chi connectivity index (χ4n) is 2.83. The largest absolute Gasteiger partial charge is 0.479 e. The minimum atomic E-state index is -4.68. The van der Waals surface area contributed by atoms with Gasteiger partial charge in [0.05, 0.1) is 21.2 Å². The number of rotatable bonds is 6. The van der Waals surface area contributed by atoms with Crippen molar-refractivity contribution in [3.8, 4) is 5.75 Å². The number of hydrogen-bond donors (Lipinski definition) is 1. The lowest BCUT2D eigenvalue weighted by Gasteiger charge is -2.17. The number of alkyl halides is 3. The van der Waals surface area contributed by atoms with Crippen LogP contribution in [0.5, 0.6) is 5.75 Å². The Hall–Kier alpha value is -2.56. The number of thiocarbonyl (C=S) groups is 1. The van der Waals surface area contributed by atoms with Crippen LogP contribution in [-0.4, -0.2) is 27.4 Å². The Bertz CT molecular complexity index is 1100. The van der Waals surface area contributed by atoms with Crippen molar-refractivity contribution in [3.05, 3.63) is 63.5 Å². The van der Waals surface area contributed by atoms with Crippen LogP contribution in [0.25, 0.3) is 6.08 Å². The van der Waals surface area contributed by atoms with Crippen molar-refractivity contribution >= 4 is 63.5 Å². The molecule has 1 fully saturated rings. The van der Waals surface area contributed by atoms with Crippen LogP contribution in [0.15, 0.2) is 47.4 Å². The summed E-state index contributed by atoms with van der Waals surface area (Å²) in [6.07, 6.45) is -3.82. The molecule has 11 heteroatoms. The van der Waals surface area contributed by atoms with E-state index in [2.05, 4.69) is 0 Å². The molecule has 1 amide bonds. The Morgan fingerprint density at radius 2 is 1.94 bits per heavy atom. The molecular weight excluding hydrogens is 487 g/mol. The quantitative estimate of drug-likeness (QED) is 0.386. The number of carbonyl (C=O) groups excluding carboxylic acids is 1. The molecule has 0 radical (unpaired) electrons. The number of hydrogen-bond acceptors (Lipinski definition) is 5. The number of nitrogens with zero attached hydrogens (tertiary/aromatic N) is 1. The second-order valence-electron chi connectivity index (χ2n) is 6.60. The zero-order chi connectivity index (χ0) is 23.6. The van der Waals surface area contributed by atoms with E-state index in [4.69, 9.17) is 33.7 Å². The third-order valence-electron chi connectivity index (χ3n) is 4.41. The van der Waals surface area contributed by atoms with Gasteiger partial charge >= 0.3 is 12.1 Å². The van der Waals surface area contributed by atoms with Crippen LogP contribution in [-0.2, 0) is 15.8 Å². The first kappa shape index (κ1) is 24.1. The lowest BCUT2D eigenvalue weighted by molar-refractivity contribution is -0.145. The molecule has 5 nitrogen and oxygen atoms in total. The van der Waals surface area contributed by atoms with Crippen molar-refractivity contribution in [3.63, 3.8) is 0 Å². The predicted molar refractivity (Wildman–Crippen MR) is 121 cm³/mol. The minimum Gasteiger partial charge on any atom is -0.479 e. The van der Waals surface area contributed by atoms with Crippen molar-refractivity contribution in [2.75, 3.05) is 4.90 Å². The van der Waals surface area contributed by atoms with Gasteiger partial charge in [0.2, 0.25) is 0 Å². The minimum absolute atomic E-state index is 0.0318. The van der Waals surface area contributed by atoms with Crippen molar-refractivity contribution in [2.24, 2.45) is 0 Å². The van der Waals surface area contributed by atoms with E-state index in [-0.39, 0.29) is 14.9 Å². The average molecular weight is 502 g/mol. The summed E-state index contributed by atoms with van der Waals surface area (Å²) < 4.78 is 45.0. The number of halogens is 4. The van der Waals surface area contributed by atoms with Gasteiger partial charge < -0.3 is 9.84 Å². The van der Waals surface area contributed by atoms with Gasteiger partial charge in [0.15, 0.2) is 10.4 Å². The van der Waals surface area contributed by atoms with Crippen molar-refractivity contribution < 1.29 is 32.6 Å². The van der Waals surface area contributed by atoms with Crippen LogP contribution < -0.4 is 9.64 Å². The molecule has 2 aromatic carbocycles. The van der Waals surface area contributed by atoms with E-state index >= 15 is 0 Å². The summed E-state index contributed by atoms with van der Waals surface area (Å²) in [5, 5.41) is 8.59. The highest BCUT2D eigenvalue weighted by Gasteiger charge is 2.37. The number of carboxylic acids is 1. The van der Waals surface area contributed by atoms with Crippen LogP contribution in [0, 0.1) is 0 Å². The summed E-state index contributed by atoms with van der Waals surface area (Å²) in [6.45, 7) is 1.69. The average Bonchev–Trinajstić information content (AvgIpc) is 3.00. The smallest absolute Gasteiger partial charge is 0.417 e. The highest BCUT2D eigenvalue weighted by Crippen LogP contribution is 2.41. The monoisotopic (exact) mass is 501 g/mol. The molecule has 1 N–H and O–H groups in total. The van der Waals surface area contributed by atoms with Crippen molar-refractivity contribution in [1.82, 2.24) is 0 Å². The molecule has 1 atom stereocenters. The molecule has 1 aliphatic heterocycles. The van der Waals surface area contributed by atoms with E-state index in [0.29, 0.717) is 17.7 Å². The van der Waals surface area contributed by atoms with Gasteiger partial charge in [-0.1, -0.05) is 54.6 Å². The molecule has 0 bridgehead atoms. The Balaban J connectivity index is 1.82. The zero-order valence-electron chi connectivity index (χ0n) is 16.4. The van der Waals surface area contributed by atoms with Crippen molar-refractivity contribution in [1.29, 1.82) is 0 Å². The normalized spacial score (nSPS) is 16.5. The first-order chi connectivity index (χ1) is 15.0. The highest BCUT2D eigenvalue weighted by atomic mass is 35.5. The molecule has 32 heavy (non-hydrogen) atoms. The second kappa shape index (κ2) is 9.51. The summed E-state index contributed by atoms with van der Waals surface area (Å²) in [6, 6.07) is 9.53. The van der Waals surface area contributed by atoms with Crippen LogP contribution in [0.2, 0.25) is 5.02 Å². The molecule has 2 aromatic rings. The first-order valence-electron chi connectivity index (χ1n) is 9.15. The Kier molecular flexibility index (Phi) is 7.16. The molecule has 1 unspecified atom stereocenters. The predicted octanol–water partition coefficient (Wildman–Crippen LogP) is 6.01. The second-order valence-corrected chi connectivity index (χ2v) is 8.68. The van der Waals surface area contributed by atoms with Crippen LogP contribution in [0.4, 0.5) is 18.9 Å². The summed E-state index contributed by atoms with van der Waals surface area (Å²) in [5.41, 5.74) is -0.485. The Labute approximate surface area is 195 Å². The van der Waals surface area contributed by atoms with Gasteiger partial charge in [-0.2, -0.15) is 13.2 Å². The van der Waals surface area contributed by atoms with Gasteiger partial charge in [0.25, 0.3) is 5.91 Å². The van der Waals surface area contributed by atoms with E-state index < -0.39 is 34.7 Å². The highest BCUT2D eigenvalue weighted by molar-refractivity contribution is 8.27. The van der Waals surface area contributed by atoms with Crippen LogP contribution in [0.3, 0.4) is 0 Å². The number of ether oxygens (including phenoxy) is 1. The number of carboxylic acid groups (broad SMARTS) is 1. The SMILES string of the molecule is CCC(Oc1ccc(/C=C2/SC(=S)N(c3ccc(Cl)c(C(F)(F)F)c3)C2=O)cc1)C(=O)O. The van der Waals surface area contributed by atoms with Gasteiger partial charge in [-0.25, -0.2) is 4.79 Å². The maximum Gasteiger partial charge on any atom is 0.417 e. The molecule has 0 aliphatic carbocycles. The summed E-state index contributed by atoms with van der Waals surface area (Å²) in [7, 11) is 0. The fraction of sp³-hybridized carbons (Fsp3) is 0.190. The van der Waals surface area contributed by atoms with Crippen LogP contribution >= 0.6 is 35.6 Å². The third kappa shape index (κ3) is 5.25. The fourth-order valence-corrected chi connectivity index (χ4v) is 4.35. The standard InChI is InChI=1S/C21H15ClF3NO4S2/c1-2-16(19(28)29)30-13-6-3-11(4-7-13)9-17-18(27)26(20(31)32-17)12-5-8-15(22)14(10-12)21(23,24)25/h3-10,16H,2H2,1H3,(H,28,29)/b17-9+. The van der Waals surface area contributed by atoms with Gasteiger partial charge in [-0.3, -0.25) is 9.69 Å². The summed E-state index contributed by atoms with van der Waals surface area (Å²) >= 11 is 11.8. The van der Waals surface area contributed by atoms with Gasteiger partial charge in [-0.15, -0.1) is 0 Å². The van der Waals surface area contributed by atoms with Gasteiger partial charge in [0.1, 0.15) is 5.75 Å². The topological polar surface area (TPSA) is 66.8 Å². The molecule has 0 spiro atoms. The lowest BCUT2D eigenvalue weighted by atomic mass is 10.1. The Morgan fingerprint density at radius 1 is 1.28 bits per heavy atom. The maximum absolute atomic E-state index is 13.2.